The topological polar surface area (TPSA) is 52.4 Å². The maximum Gasteiger partial charge on any atom is 0.313 e. The number of nitro benzene ring substituents is 1. The summed E-state index contributed by atoms with van der Waals surface area (Å²) in [6, 6.07) is 10.8. The lowest BCUT2D eigenvalue weighted by Gasteiger charge is -2.07. The average Bonchev–Trinajstić information content (AvgIpc) is 2.39. The van der Waals surface area contributed by atoms with Gasteiger partial charge in [-0.15, -0.1) is 0 Å². The van der Waals surface area contributed by atoms with Crippen LogP contribution in [0.15, 0.2) is 42.5 Å². The van der Waals surface area contributed by atoms with E-state index >= 15 is 0 Å². The van der Waals surface area contributed by atoms with Crippen LogP contribution >= 0.6 is 22.6 Å². The number of hydrogen-bond acceptors (Lipinski definition) is 3. The third-order valence-corrected chi connectivity index (χ3v) is 3.14. The summed E-state index contributed by atoms with van der Waals surface area (Å²) in [7, 11) is 0. The highest BCUT2D eigenvalue weighted by atomic mass is 127. The molecule has 0 heterocycles. The highest BCUT2D eigenvalue weighted by Gasteiger charge is 2.16. The second-order valence-electron chi connectivity index (χ2n) is 3.78. The Kier molecular flexibility index (Phi) is 4.31. The first-order valence-electron chi connectivity index (χ1n) is 5.37. The van der Waals surface area contributed by atoms with Gasteiger partial charge in [-0.1, -0.05) is 12.1 Å². The molecule has 0 N–H and O–H groups in total. The molecule has 0 radical (unpaired) electrons. The van der Waals surface area contributed by atoms with E-state index in [4.69, 9.17) is 4.74 Å². The summed E-state index contributed by atoms with van der Waals surface area (Å²) in [5, 5.41) is 10.8. The van der Waals surface area contributed by atoms with Crippen molar-refractivity contribution in [2.75, 3.05) is 0 Å². The number of benzene rings is 2. The van der Waals surface area contributed by atoms with Crippen molar-refractivity contribution in [3.05, 3.63) is 67.5 Å². The SMILES string of the molecule is O=[N+]([O-])c1cc(F)ccc1OCc1ccc(I)cc1. The number of rotatable bonds is 4. The molecule has 0 aliphatic rings. The maximum atomic E-state index is 13.0. The molecule has 0 spiro atoms. The van der Waals surface area contributed by atoms with Gasteiger partial charge in [0.2, 0.25) is 0 Å². The van der Waals surface area contributed by atoms with E-state index in [1.165, 1.54) is 6.07 Å². The van der Waals surface area contributed by atoms with Gasteiger partial charge in [-0.25, -0.2) is 4.39 Å². The number of hydrogen-bond donors (Lipinski definition) is 0. The summed E-state index contributed by atoms with van der Waals surface area (Å²) in [4.78, 5) is 10.1. The minimum absolute atomic E-state index is 0.0601. The molecule has 0 saturated carbocycles. The third kappa shape index (κ3) is 3.63. The van der Waals surface area contributed by atoms with Crippen LogP contribution in [-0.2, 0) is 6.61 Å². The molecule has 0 bridgehead atoms. The number of nitro groups is 1. The molecule has 0 fully saturated rings. The van der Waals surface area contributed by atoms with Crippen LogP contribution < -0.4 is 4.74 Å². The fourth-order valence-electron chi connectivity index (χ4n) is 1.50. The van der Waals surface area contributed by atoms with Crippen molar-refractivity contribution in [1.82, 2.24) is 0 Å². The lowest BCUT2D eigenvalue weighted by atomic mass is 10.2. The molecule has 0 atom stereocenters. The van der Waals surface area contributed by atoms with Gasteiger partial charge in [-0.05, 0) is 52.4 Å². The third-order valence-electron chi connectivity index (χ3n) is 2.43. The predicted molar refractivity (Wildman–Crippen MR) is 76.5 cm³/mol. The quantitative estimate of drug-likeness (QED) is 0.464. The van der Waals surface area contributed by atoms with E-state index in [-0.39, 0.29) is 18.0 Å². The average molecular weight is 373 g/mol. The Morgan fingerprint density at radius 2 is 1.89 bits per heavy atom. The number of ether oxygens (including phenoxy) is 1. The molecular formula is C13H9FINO3. The highest BCUT2D eigenvalue weighted by molar-refractivity contribution is 14.1. The lowest BCUT2D eigenvalue weighted by molar-refractivity contribution is -0.386. The molecule has 4 nitrogen and oxygen atoms in total. The second kappa shape index (κ2) is 5.96. The molecular weight excluding hydrogens is 364 g/mol. The Labute approximate surface area is 122 Å². The summed E-state index contributed by atoms with van der Waals surface area (Å²) in [6.07, 6.45) is 0. The van der Waals surface area contributed by atoms with Crippen LogP contribution in [0.5, 0.6) is 5.75 Å². The molecule has 0 unspecified atom stereocenters. The molecule has 19 heavy (non-hydrogen) atoms. The standard InChI is InChI=1S/C13H9FINO3/c14-10-3-6-13(12(7-10)16(17)18)19-8-9-1-4-11(15)5-2-9/h1-7H,8H2. The van der Waals surface area contributed by atoms with E-state index < -0.39 is 10.7 Å². The van der Waals surface area contributed by atoms with Gasteiger partial charge >= 0.3 is 5.69 Å². The van der Waals surface area contributed by atoms with Crippen molar-refractivity contribution in [2.45, 2.75) is 6.61 Å². The van der Waals surface area contributed by atoms with Gasteiger partial charge in [-0.3, -0.25) is 10.1 Å². The van der Waals surface area contributed by atoms with Gasteiger partial charge in [0, 0.05) is 3.57 Å². The van der Waals surface area contributed by atoms with Crippen molar-refractivity contribution in [2.24, 2.45) is 0 Å². The van der Waals surface area contributed by atoms with Crippen LogP contribution in [0, 0.1) is 19.5 Å². The molecule has 6 heteroatoms. The minimum atomic E-state index is -0.660. The Morgan fingerprint density at radius 1 is 1.21 bits per heavy atom. The van der Waals surface area contributed by atoms with Crippen molar-refractivity contribution in [3.8, 4) is 5.75 Å². The van der Waals surface area contributed by atoms with Crippen LogP contribution in [0.4, 0.5) is 10.1 Å². The first-order valence-corrected chi connectivity index (χ1v) is 6.45. The summed E-state index contributed by atoms with van der Waals surface area (Å²) in [5.74, 6) is -0.599. The maximum absolute atomic E-state index is 13.0. The number of halogens is 2. The minimum Gasteiger partial charge on any atom is -0.482 e. The first kappa shape index (κ1) is 13.7. The van der Waals surface area contributed by atoms with E-state index in [0.717, 1.165) is 21.3 Å². The molecule has 0 aliphatic carbocycles. The van der Waals surface area contributed by atoms with E-state index in [2.05, 4.69) is 22.6 Å². The van der Waals surface area contributed by atoms with E-state index in [1.807, 2.05) is 24.3 Å². The summed E-state index contributed by atoms with van der Waals surface area (Å²) < 4.78 is 19.4. The Hall–Kier alpha value is -1.70. The number of nitrogens with zero attached hydrogens (tertiary/aromatic N) is 1. The van der Waals surface area contributed by atoms with Crippen molar-refractivity contribution in [3.63, 3.8) is 0 Å². The van der Waals surface area contributed by atoms with Gasteiger partial charge in [-0.2, -0.15) is 0 Å². The summed E-state index contributed by atoms with van der Waals surface area (Å²) in [6.45, 7) is 0.198. The zero-order valence-corrected chi connectivity index (χ0v) is 11.8. The van der Waals surface area contributed by atoms with Crippen molar-refractivity contribution >= 4 is 28.3 Å². The monoisotopic (exact) mass is 373 g/mol. The van der Waals surface area contributed by atoms with Crippen LogP contribution in [0.1, 0.15) is 5.56 Å². The van der Waals surface area contributed by atoms with E-state index in [0.29, 0.717) is 0 Å². The molecule has 2 aromatic rings. The van der Waals surface area contributed by atoms with E-state index in [1.54, 1.807) is 0 Å². The fraction of sp³-hybridized carbons (Fsp3) is 0.0769. The van der Waals surface area contributed by atoms with Crippen LogP contribution in [0.3, 0.4) is 0 Å². The highest BCUT2D eigenvalue weighted by Crippen LogP contribution is 2.28. The summed E-state index contributed by atoms with van der Waals surface area (Å²) in [5.41, 5.74) is 0.518. The smallest absolute Gasteiger partial charge is 0.313 e. The van der Waals surface area contributed by atoms with E-state index in [9.17, 15) is 14.5 Å². The Balaban J connectivity index is 2.15. The molecule has 0 saturated heterocycles. The van der Waals surface area contributed by atoms with Gasteiger partial charge < -0.3 is 4.74 Å². The molecule has 0 amide bonds. The normalized spacial score (nSPS) is 10.2. The molecule has 0 aliphatic heterocycles. The van der Waals surface area contributed by atoms with Crippen molar-refractivity contribution in [1.29, 1.82) is 0 Å². The Morgan fingerprint density at radius 3 is 2.53 bits per heavy atom. The zero-order chi connectivity index (χ0) is 13.8. The van der Waals surface area contributed by atoms with Crippen molar-refractivity contribution < 1.29 is 14.1 Å². The van der Waals surface area contributed by atoms with Crippen LogP contribution in [0.2, 0.25) is 0 Å². The van der Waals surface area contributed by atoms with Crippen LogP contribution in [0.25, 0.3) is 0 Å². The fourth-order valence-corrected chi connectivity index (χ4v) is 1.86. The second-order valence-corrected chi connectivity index (χ2v) is 5.03. The predicted octanol–water partition coefficient (Wildman–Crippen LogP) is 3.92. The Bertz CT molecular complexity index is 601. The lowest BCUT2D eigenvalue weighted by Crippen LogP contribution is -1.99. The molecule has 98 valence electrons. The molecule has 0 aromatic heterocycles. The van der Waals surface area contributed by atoms with Gasteiger partial charge in [0.05, 0.1) is 11.0 Å². The largest absolute Gasteiger partial charge is 0.482 e. The van der Waals surface area contributed by atoms with Gasteiger partial charge in [0.15, 0.2) is 5.75 Å². The molecule has 2 aromatic carbocycles. The van der Waals surface area contributed by atoms with Crippen LogP contribution in [-0.4, -0.2) is 4.92 Å². The first-order chi connectivity index (χ1) is 9.06. The zero-order valence-electron chi connectivity index (χ0n) is 9.68. The molecule has 2 rings (SSSR count). The van der Waals surface area contributed by atoms with Gasteiger partial charge in [0.25, 0.3) is 0 Å². The van der Waals surface area contributed by atoms with Gasteiger partial charge in [0.1, 0.15) is 12.4 Å². The summed E-state index contributed by atoms with van der Waals surface area (Å²) >= 11 is 2.18.